The highest BCUT2D eigenvalue weighted by atomic mass is 32.3. The summed E-state index contributed by atoms with van der Waals surface area (Å²) in [5.74, 6) is 0.753. The van der Waals surface area contributed by atoms with E-state index < -0.39 is 10.4 Å². The number of hydrogen-bond acceptors (Lipinski definition) is 3. The molecule has 0 saturated carbocycles. The molecule has 0 rings (SSSR count). The minimum absolute atomic E-state index is 0.0883. The van der Waals surface area contributed by atoms with Crippen LogP contribution in [-0.4, -0.2) is 19.6 Å². The summed E-state index contributed by atoms with van der Waals surface area (Å²) in [4.78, 5) is 0. The van der Waals surface area contributed by atoms with Crippen LogP contribution < -0.4 is 0 Å². The van der Waals surface area contributed by atoms with Gasteiger partial charge in [0.1, 0.15) is 0 Å². The summed E-state index contributed by atoms with van der Waals surface area (Å²) in [6.45, 7) is 4.63. The van der Waals surface area contributed by atoms with Crippen LogP contribution in [0.5, 0.6) is 0 Å². The molecule has 0 spiro atoms. The largest absolute Gasteiger partial charge is 0.397 e. The van der Waals surface area contributed by atoms with Gasteiger partial charge in [0.05, 0.1) is 6.61 Å². The predicted octanol–water partition coefficient (Wildman–Crippen LogP) is 5.14. The molecule has 0 saturated heterocycles. The first-order valence-electron chi connectivity index (χ1n) is 8.57. The van der Waals surface area contributed by atoms with Crippen molar-refractivity contribution in [1.29, 1.82) is 0 Å². The second-order valence-corrected chi connectivity index (χ2v) is 7.21. The average molecular weight is 323 g/mol. The van der Waals surface area contributed by atoms with Crippen molar-refractivity contribution in [2.24, 2.45) is 5.92 Å². The van der Waals surface area contributed by atoms with Gasteiger partial charge >= 0.3 is 10.4 Å². The molecule has 1 N–H and O–H groups in total. The zero-order valence-electron chi connectivity index (χ0n) is 13.8. The highest BCUT2D eigenvalue weighted by Gasteiger charge is 2.04. The van der Waals surface area contributed by atoms with Gasteiger partial charge in [-0.1, -0.05) is 84.5 Å². The lowest BCUT2D eigenvalue weighted by Crippen LogP contribution is -2.04. The first-order chi connectivity index (χ1) is 9.95. The van der Waals surface area contributed by atoms with Crippen LogP contribution >= 0.6 is 0 Å². The maximum absolute atomic E-state index is 10.3. The van der Waals surface area contributed by atoms with Crippen LogP contribution in [-0.2, 0) is 14.6 Å². The second kappa shape index (κ2) is 13.5. The first kappa shape index (κ1) is 20.9. The van der Waals surface area contributed by atoms with Crippen molar-refractivity contribution in [2.75, 3.05) is 6.61 Å². The van der Waals surface area contributed by atoms with Gasteiger partial charge in [0.15, 0.2) is 0 Å². The monoisotopic (exact) mass is 322 g/mol. The molecule has 0 amide bonds. The zero-order chi connectivity index (χ0) is 16.0. The van der Waals surface area contributed by atoms with Gasteiger partial charge in [-0.25, -0.2) is 4.18 Å². The molecule has 0 aromatic rings. The minimum Gasteiger partial charge on any atom is -0.264 e. The third-order valence-electron chi connectivity index (χ3n) is 3.87. The van der Waals surface area contributed by atoms with Crippen molar-refractivity contribution in [1.82, 2.24) is 0 Å². The van der Waals surface area contributed by atoms with Gasteiger partial charge in [0.2, 0.25) is 0 Å². The van der Waals surface area contributed by atoms with E-state index in [2.05, 4.69) is 18.0 Å². The first-order valence-corrected chi connectivity index (χ1v) is 9.94. The van der Waals surface area contributed by atoms with Crippen molar-refractivity contribution in [3.05, 3.63) is 0 Å². The summed E-state index contributed by atoms with van der Waals surface area (Å²) < 4.78 is 33.4. The van der Waals surface area contributed by atoms with Crippen molar-refractivity contribution in [3.63, 3.8) is 0 Å². The van der Waals surface area contributed by atoms with Gasteiger partial charge in [0, 0.05) is 0 Å². The van der Waals surface area contributed by atoms with E-state index in [1.54, 1.807) is 0 Å². The molecule has 128 valence electrons. The number of rotatable bonds is 15. The lowest BCUT2D eigenvalue weighted by atomic mass is 9.96. The third-order valence-corrected chi connectivity index (χ3v) is 4.34. The van der Waals surface area contributed by atoms with Crippen LogP contribution in [0.2, 0.25) is 0 Å². The van der Waals surface area contributed by atoms with Crippen molar-refractivity contribution in [3.8, 4) is 0 Å². The van der Waals surface area contributed by atoms with Crippen molar-refractivity contribution >= 4 is 10.4 Å². The normalized spacial score (nSPS) is 13.5. The van der Waals surface area contributed by atoms with E-state index in [0.29, 0.717) is 6.42 Å². The van der Waals surface area contributed by atoms with Crippen LogP contribution in [0.3, 0.4) is 0 Å². The fraction of sp³-hybridized carbons (Fsp3) is 1.00. The fourth-order valence-electron chi connectivity index (χ4n) is 2.53. The van der Waals surface area contributed by atoms with Crippen LogP contribution in [0.25, 0.3) is 0 Å². The Bertz CT molecular complexity index is 314. The highest BCUT2D eigenvalue weighted by molar-refractivity contribution is 7.80. The van der Waals surface area contributed by atoms with E-state index in [1.165, 1.54) is 57.8 Å². The highest BCUT2D eigenvalue weighted by Crippen LogP contribution is 2.17. The Kier molecular flexibility index (Phi) is 13.4. The Morgan fingerprint density at radius 3 is 1.86 bits per heavy atom. The average Bonchev–Trinajstić information content (AvgIpc) is 2.40. The Balaban J connectivity index is 3.25. The van der Waals surface area contributed by atoms with E-state index in [0.717, 1.165) is 18.8 Å². The van der Waals surface area contributed by atoms with E-state index in [4.69, 9.17) is 4.55 Å². The molecular weight excluding hydrogens is 288 g/mol. The van der Waals surface area contributed by atoms with Crippen LogP contribution in [0.4, 0.5) is 0 Å². The molecule has 5 heteroatoms. The van der Waals surface area contributed by atoms with Gasteiger partial charge in [-0.05, 0) is 12.3 Å². The molecule has 0 aromatic carbocycles. The molecule has 0 aliphatic heterocycles. The zero-order valence-corrected chi connectivity index (χ0v) is 14.7. The molecule has 0 aliphatic carbocycles. The van der Waals surface area contributed by atoms with Gasteiger partial charge in [-0.3, -0.25) is 4.55 Å². The molecule has 0 aromatic heterocycles. The molecule has 0 bridgehead atoms. The fourth-order valence-corrected chi connectivity index (χ4v) is 2.86. The Morgan fingerprint density at radius 2 is 1.33 bits per heavy atom. The Morgan fingerprint density at radius 1 is 0.857 bits per heavy atom. The van der Waals surface area contributed by atoms with E-state index >= 15 is 0 Å². The molecule has 4 nitrogen and oxygen atoms in total. The maximum atomic E-state index is 10.3. The standard InChI is InChI=1S/C16H34O4S/c1-3-4-5-6-7-8-10-13-16(2)14-11-9-12-15-20-21(17,18)19/h16H,3-15H2,1-2H3,(H,17,18,19). The van der Waals surface area contributed by atoms with Crippen LogP contribution in [0.1, 0.15) is 90.9 Å². The summed E-state index contributed by atoms with van der Waals surface area (Å²) in [5.41, 5.74) is 0. The summed E-state index contributed by atoms with van der Waals surface area (Å²) >= 11 is 0. The van der Waals surface area contributed by atoms with E-state index in [-0.39, 0.29) is 6.61 Å². The van der Waals surface area contributed by atoms with E-state index in [1.807, 2.05) is 0 Å². The van der Waals surface area contributed by atoms with Crippen LogP contribution in [0.15, 0.2) is 0 Å². The Labute approximate surface area is 131 Å². The van der Waals surface area contributed by atoms with E-state index in [9.17, 15) is 8.42 Å². The third kappa shape index (κ3) is 17.8. The lowest BCUT2D eigenvalue weighted by molar-refractivity contribution is 0.260. The van der Waals surface area contributed by atoms with Crippen molar-refractivity contribution < 1.29 is 17.2 Å². The number of hydrogen-bond donors (Lipinski definition) is 1. The predicted molar refractivity (Wildman–Crippen MR) is 87.7 cm³/mol. The topological polar surface area (TPSA) is 63.6 Å². The molecule has 0 fully saturated rings. The SMILES string of the molecule is CCCCCCCCCC(C)CCCCCOS(=O)(=O)O. The van der Waals surface area contributed by atoms with Crippen molar-refractivity contribution in [2.45, 2.75) is 90.9 Å². The number of unbranched alkanes of at least 4 members (excludes halogenated alkanes) is 8. The molecule has 0 aliphatic rings. The smallest absolute Gasteiger partial charge is 0.264 e. The minimum atomic E-state index is -4.25. The quantitative estimate of drug-likeness (QED) is 0.335. The molecule has 0 radical (unpaired) electrons. The molecule has 21 heavy (non-hydrogen) atoms. The lowest BCUT2D eigenvalue weighted by Gasteiger charge is -2.11. The maximum Gasteiger partial charge on any atom is 0.397 e. The second-order valence-electron chi connectivity index (χ2n) is 6.11. The van der Waals surface area contributed by atoms with Gasteiger partial charge < -0.3 is 0 Å². The van der Waals surface area contributed by atoms with Gasteiger partial charge in [0.25, 0.3) is 0 Å². The summed E-state index contributed by atoms with van der Waals surface area (Å²) in [7, 11) is -4.25. The molecular formula is C16H34O4S. The Hall–Kier alpha value is -0.130. The molecule has 1 atom stereocenters. The van der Waals surface area contributed by atoms with Gasteiger partial charge in [-0.2, -0.15) is 8.42 Å². The summed E-state index contributed by atoms with van der Waals surface area (Å²) in [6.07, 6.45) is 14.8. The summed E-state index contributed by atoms with van der Waals surface area (Å²) in [5, 5.41) is 0. The summed E-state index contributed by atoms with van der Waals surface area (Å²) in [6, 6.07) is 0. The van der Waals surface area contributed by atoms with Gasteiger partial charge in [-0.15, -0.1) is 0 Å². The molecule has 1 unspecified atom stereocenters. The van der Waals surface area contributed by atoms with Crippen LogP contribution in [0, 0.1) is 5.92 Å². The molecule has 0 heterocycles.